The van der Waals surface area contributed by atoms with Crippen molar-refractivity contribution >= 4 is 23.2 Å². The van der Waals surface area contributed by atoms with Gasteiger partial charge in [-0.15, -0.1) is 0 Å². The van der Waals surface area contributed by atoms with Crippen LogP contribution in [0.3, 0.4) is 0 Å². The molecule has 1 aromatic heterocycles. The topological polar surface area (TPSA) is 43.8 Å². The minimum absolute atomic E-state index is 0.521. The van der Waals surface area contributed by atoms with Gasteiger partial charge in [0.1, 0.15) is 0 Å². The molecule has 20 heavy (non-hydrogen) atoms. The van der Waals surface area contributed by atoms with Gasteiger partial charge in [-0.2, -0.15) is 5.10 Å². The maximum atomic E-state index is 6.47. The van der Waals surface area contributed by atoms with E-state index in [1.807, 2.05) is 49.8 Å². The van der Waals surface area contributed by atoms with Crippen LogP contribution >= 0.6 is 23.2 Å². The SMILES string of the molecule is CCc1nn(C)c(CC(C)(N)c2ccc(Cl)cc2)c1Cl. The van der Waals surface area contributed by atoms with Crippen LogP contribution in [0.1, 0.15) is 30.8 Å². The first-order chi connectivity index (χ1) is 9.35. The Labute approximate surface area is 129 Å². The number of aryl methyl sites for hydroxylation is 2. The van der Waals surface area contributed by atoms with Crippen LogP contribution in [-0.2, 0) is 25.4 Å². The Kier molecular flexibility index (Phi) is 4.43. The molecule has 0 spiro atoms. The van der Waals surface area contributed by atoms with Crippen LogP contribution in [0.15, 0.2) is 24.3 Å². The average molecular weight is 312 g/mol. The van der Waals surface area contributed by atoms with Gasteiger partial charge in [-0.25, -0.2) is 0 Å². The number of rotatable bonds is 4. The number of benzene rings is 1. The van der Waals surface area contributed by atoms with Crippen molar-refractivity contribution in [3.8, 4) is 0 Å². The minimum Gasteiger partial charge on any atom is -0.321 e. The molecular formula is C15H19Cl2N3. The van der Waals surface area contributed by atoms with Crippen LogP contribution in [0, 0.1) is 0 Å². The second kappa shape index (κ2) is 5.76. The fourth-order valence-electron chi connectivity index (χ4n) is 2.29. The Bertz CT molecular complexity index is 600. The number of nitrogens with two attached hydrogens (primary N) is 1. The molecule has 2 rings (SSSR count). The van der Waals surface area contributed by atoms with Gasteiger partial charge >= 0.3 is 0 Å². The van der Waals surface area contributed by atoms with Gasteiger partial charge in [0, 0.05) is 24.0 Å². The molecule has 1 heterocycles. The highest BCUT2D eigenvalue weighted by molar-refractivity contribution is 6.32. The number of nitrogens with zero attached hydrogens (tertiary/aromatic N) is 2. The van der Waals surface area contributed by atoms with Gasteiger partial charge in [0.15, 0.2) is 0 Å². The lowest BCUT2D eigenvalue weighted by Crippen LogP contribution is -2.36. The van der Waals surface area contributed by atoms with E-state index in [1.54, 1.807) is 0 Å². The van der Waals surface area contributed by atoms with Crippen molar-refractivity contribution in [3.05, 3.63) is 51.3 Å². The van der Waals surface area contributed by atoms with E-state index in [0.29, 0.717) is 11.4 Å². The highest BCUT2D eigenvalue weighted by Crippen LogP contribution is 2.29. The molecule has 3 nitrogen and oxygen atoms in total. The summed E-state index contributed by atoms with van der Waals surface area (Å²) in [5, 5.41) is 5.86. The van der Waals surface area contributed by atoms with E-state index >= 15 is 0 Å². The van der Waals surface area contributed by atoms with Crippen LogP contribution in [-0.4, -0.2) is 9.78 Å². The fraction of sp³-hybridized carbons (Fsp3) is 0.400. The molecule has 0 saturated carbocycles. The summed E-state index contributed by atoms with van der Waals surface area (Å²) in [5.41, 5.74) is 8.84. The lowest BCUT2D eigenvalue weighted by molar-refractivity contribution is 0.472. The third-order valence-corrected chi connectivity index (χ3v) is 4.23. The van der Waals surface area contributed by atoms with Crippen molar-refractivity contribution < 1.29 is 0 Å². The van der Waals surface area contributed by atoms with E-state index < -0.39 is 5.54 Å². The Hall–Kier alpha value is -1.03. The number of aromatic nitrogens is 2. The Morgan fingerprint density at radius 1 is 1.25 bits per heavy atom. The zero-order valence-electron chi connectivity index (χ0n) is 12.0. The van der Waals surface area contributed by atoms with Crippen molar-refractivity contribution in [2.45, 2.75) is 32.2 Å². The van der Waals surface area contributed by atoms with Crippen LogP contribution in [0.25, 0.3) is 0 Å². The molecule has 108 valence electrons. The molecule has 1 aromatic carbocycles. The molecule has 1 atom stereocenters. The van der Waals surface area contributed by atoms with Crippen molar-refractivity contribution in [2.24, 2.45) is 12.8 Å². The third kappa shape index (κ3) is 3.00. The molecular weight excluding hydrogens is 293 g/mol. The molecule has 0 radical (unpaired) electrons. The van der Waals surface area contributed by atoms with Gasteiger partial charge in [0.05, 0.1) is 16.4 Å². The summed E-state index contributed by atoms with van der Waals surface area (Å²) in [6.45, 7) is 4.03. The molecule has 5 heteroatoms. The first-order valence-electron chi connectivity index (χ1n) is 6.60. The number of hydrogen-bond acceptors (Lipinski definition) is 2. The first kappa shape index (κ1) is 15.4. The van der Waals surface area contributed by atoms with Gasteiger partial charge in [-0.3, -0.25) is 4.68 Å². The van der Waals surface area contributed by atoms with E-state index in [-0.39, 0.29) is 0 Å². The molecule has 0 aliphatic carbocycles. The van der Waals surface area contributed by atoms with Crippen LogP contribution in [0.4, 0.5) is 0 Å². The van der Waals surface area contributed by atoms with E-state index in [2.05, 4.69) is 5.10 Å². The Morgan fingerprint density at radius 3 is 2.35 bits per heavy atom. The standard InChI is InChI=1S/C15H19Cl2N3/c1-4-12-14(17)13(20(3)19-12)9-15(2,18)10-5-7-11(16)8-6-10/h5-8H,4,9,18H2,1-3H3. The highest BCUT2D eigenvalue weighted by Gasteiger charge is 2.26. The molecule has 0 bridgehead atoms. The summed E-state index contributed by atoms with van der Waals surface area (Å²) < 4.78 is 1.82. The number of halogens is 2. The molecule has 0 fully saturated rings. The summed E-state index contributed by atoms with van der Waals surface area (Å²) in [4.78, 5) is 0. The summed E-state index contributed by atoms with van der Waals surface area (Å²) in [6.07, 6.45) is 1.44. The molecule has 0 aliphatic rings. The Balaban J connectivity index is 2.32. The maximum absolute atomic E-state index is 6.47. The molecule has 0 amide bonds. The van der Waals surface area contributed by atoms with Crippen molar-refractivity contribution in [1.82, 2.24) is 9.78 Å². The quantitative estimate of drug-likeness (QED) is 0.935. The zero-order valence-corrected chi connectivity index (χ0v) is 13.5. The van der Waals surface area contributed by atoms with Crippen LogP contribution in [0.2, 0.25) is 10.0 Å². The highest BCUT2D eigenvalue weighted by atomic mass is 35.5. The van der Waals surface area contributed by atoms with Gasteiger partial charge in [-0.1, -0.05) is 42.3 Å². The van der Waals surface area contributed by atoms with Gasteiger partial charge in [0.2, 0.25) is 0 Å². The van der Waals surface area contributed by atoms with E-state index in [1.165, 1.54) is 0 Å². The van der Waals surface area contributed by atoms with Crippen molar-refractivity contribution in [1.29, 1.82) is 0 Å². The molecule has 1 unspecified atom stereocenters. The van der Waals surface area contributed by atoms with Crippen LogP contribution in [0.5, 0.6) is 0 Å². The largest absolute Gasteiger partial charge is 0.321 e. The lowest BCUT2D eigenvalue weighted by atomic mass is 9.88. The fourth-order valence-corrected chi connectivity index (χ4v) is 2.78. The normalized spacial score (nSPS) is 14.3. The third-order valence-electron chi connectivity index (χ3n) is 3.54. The Morgan fingerprint density at radius 2 is 1.85 bits per heavy atom. The van der Waals surface area contributed by atoms with Crippen molar-refractivity contribution in [3.63, 3.8) is 0 Å². The summed E-state index contributed by atoms with van der Waals surface area (Å²) in [7, 11) is 1.90. The second-order valence-corrected chi connectivity index (χ2v) is 6.10. The van der Waals surface area contributed by atoms with Gasteiger partial charge in [-0.05, 0) is 31.0 Å². The predicted molar refractivity (Wildman–Crippen MR) is 84.3 cm³/mol. The van der Waals surface area contributed by atoms with E-state index in [4.69, 9.17) is 28.9 Å². The monoisotopic (exact) mass is 311 g/mol. The van der Waals surface area contributed by atoms with Crippen molar-refractivity contribution in [2.75, 3.05) is 0 Å². The summed E-state index contributed by atoms with van der Waals surface area (Å²) >= 11 is 12.3. The van der Waals surface area contributed by atoms with Gasteiger partial charge in [0.25, 0.3) is 0 Å². The summed E-state index contributed by atoms with van der Waals surface area (Å²) in [5.74, 6) is 0. The second-order valence-electron chi connectivity index (χ2n) is 5.29. The van der Waals surface area contributed by atoms with Crippen LogP contribution < -0.4 is 5.73 Å². The predicted octanol–water partition coefficient (Wildman–Crippen LogP) is 3.71. The van der Waals surface area contributed by atoms with E-state index in [9.17, 15) is 0 Å². The number of hydrogen-bond donors (Lipinski definition) is 1. The molecule has 2 aromatic rings. The molecule has 0 aliphatic heterocycles. The minimum atomic E-state index is -0.521. The van der Waals surface area contributed by atoms with Gasteiger partial charge < -0.3 is 5.73 Å². The maximum Gasteiger partial charge on any atom is 0.0850 e. The smallest absolute Gasteiger partial charge is 0.0850 e. The molecule has 0 saturated heterocycles. The van der Waals surface area contributed by atoms with E-state index in [0.717, 1.165) is 28.4 Å². The first-order valence-corrected chi connectivity index (χ1v) is 7.36. The average Bonchev–Trinajstić information content (AvgIpc) is 2.66. The molecule has 2 N–H and O–H groups in total. The summed E-state index contributed by atoms with van der Waals surface area (Å²) in [6, 6.07) is 7.61. The zero-order chi connectivity index (χ0) is 14.9. The lowest BCUT2D eigenvalue weighted by Gasteiger charge is -2.25.